The van der Waals surface area contributed by atoms with E-state index in [1.165, 1.54) is 7.05 Å². The van der Waals surface area contributed by atoms with E-state index in [4.69, 9.17) is 10.5 Å². The highest BCUT2D eigenvalue weighted by Gasteiger charge is 2.44. The zero-order valence-corrected chi connectivity index (χ0v) is 14.9. The number of anilines is 1. The molecule has 0 radical (unpaired) electrons. The minimum absolute atomic E-state index is 0.0843. The molecular formula is C18H23N5O3. The van der Waals surface area contributed by atoms with Crippen LogP contribution in [0, 0.1) is 0 Å². The number of carbonyl (C=O) groups is 1. The molecule has 3 rings (SSSR count). The van der Waals surface area contributed by atoms with Crippen molar-refractivity contribution < 1.29 is 14.6 Å². The third-order valence-electron chi connectivity index (χ3n) is 4.56. The minimum Gasteiger partial charge on any atom is -0.487 e. The number of hydrogen-bond donors (Lipinski definition) is 3. The summed E-state index contributed by atoms with van der Waals surface area (Å²) in [5, 5.41) is 16.4. The molecule has 138 valence electrons. The Balaban J connectivity index is 1.77. The second kappa shape index (κ2) is 7.17. The van der Waals surface area contributed by atoms with Gasteiger partial charge in [-0.3, -0.25) is 14.5 Å². The van der Waals surface area contributed by atoms with E-state index in [0.717, 1.165) is 18.5 Å². The fraction of sp³-hybridized carbons (Fsp3) is 0.389. The highest BCUT2D eigenvalue weighted by Crippen LogP contribution is 2.34. The van der Waals surface area contributed by atoms with Crippen molar-refractivity contribution in [1.29, 1.82) is 0 Å². The molecule has 2 aromatic rings. The normalized spacial score (nSPS) is 15.6. The second-order valence-electron chi connectivity index (χ2n) is 6.45. The number of aromatic nitrogens is 2. The molecule has 26 heavy (non-hydrogen) atoms. The number of hydrogen-bond acceptors (Lipinski definition) is 6. The number of benzene rings is 1. The average molecular weight is 357 g/mol. The van der Waals surface area contributed by atoms with Crippen LogP contribution in [0.25, 0.3) is 0 Å². The fourth-order valence-corrected chi connectivity index (χ4v) is 2.65. The first-order valence-corrected chi connectivity index (χ1v) is 8.38. The summed E-state index contributed by atoms with van der Waals surface area (Å²) >= 11 is 0. The van der Waals surface area contributed by atoms with E-state index in [9.17, 15) is 9.90 Å². The monoisotopic (exact) mass is 357 g/mol. The number of nitrogen functional groups attached to an aromatic ring is 1. The molecule has 1 aromatic heterocycles. The molecular weight excluding hydrogens is 334 g/mol. The van der Waals surface area contributed by atoms with Gasteiger partial charge in [-0.05, 0) is 37.1 Å². The molecule has 0 spiro atoms. The third-order valence-corrected chi connectivity index (χ3v) is 4.56. The van der Waals surface area contributed by atoms with Gasteiger partial charge in [0.25, 0.3) is 5.91 Å². The maximum atomic E-state index is 12.6. The number of aliphatic hydroxyl groups is 1. The van der Waals surface area contributed by atoms with E-state index in [-0.39, 0.29) is 18.2 Å². The van der Waals surface area contributed by atoms with Crippen LogP contribution >= 0.6 is 0 Å². The second-order valence-corrected chi connectivity index (χ2v) is 6.45. The molecule has 8 heteroatoms. The lowest BCUT2D eigenvalue weighted by atomic mass is 10.1. The maximum Gasteiger partial charge on any atom is 0.270 e. The molecule has 0 bridgehead atoms. The summed E-state index contributed by atoms with van der Waals surface area (Å²) in [6.45, 7) is 0.261. The Labute approximate surface area is 151 Å². The number of nitrogens with two attached hydrogens (primary N) is 1. The van der Waals surface area contributed by atoms with Crippen LogP contribution in [0.1, 0.15) is 24.1 Å². The van der Waals surface area contributed by atoms with E-state index in [0.29, 0.717) is 23.6 Å². The summed E-state index contributed by atoms with van der Waals surface area (Å²) < 4.78 is 7.52. The first-order valence-electron chi connectivity index (χ1n) is 8.38. The van der Waals surface area contributed by atoms with Gasteiger partial charge in [-0.15, -0.1) is 0 Å². The largest absolute Gasteiger partial charge is 0.487 e. The Morgan fingerprint density at radius 3 is 2.81 bits per heavy atom. The summed E-state index contributed by atoms with van der Waals surface area (Å²) in [6.07, 6.45) is 3.22. The number of ether oxygens (including phenoxy) is 1. The van der Waals surface area contributed by atoms with Crippen molar-refractivity contribution in [2.24, 2.45) is 12.0 Å². The number of aliphatic hydroxyl groups excluding tert-OH is 1. The lowest BCUT2D eigenvalue weighted by Crippen LogP contribution is -2.43. The SMILES string of the molecule is CN=C(C(=O)NC1(CO)CC1)c1cc(OCc2ccnn2C)ccc1N. The molecule has 8 nitrogen and oxygen atoms in total. The molecule has 1 saturated carbocycles. The van der Waals surface area contributed by atoms with Crippen LogP contribution in [0.2, 0.25) is 0 Å². The van der Waals surface area contributed by atoms with Crippen molar-refractivity contribution in [2.75, 3.05) is 19.4 Å². The van der Waals surface area contributed by atoms with Crippen LogP contribution in [0.15, 0.2) is 35.5 Å². The Morgan fingerprint density at radius 2 is 2.23 bits per heavy atom. The van der Waals surface area contributed by atoms with Crippen LogP contribution in [0.5, 0.6) is 5.75 Å². The predicted octanol–water partition coefficient (Wildman–Crippen LogP) is 0.641. The lowest BCUT2D eigenvalue weighted by molar-refractivity contribution is -0.116. The van der Waals surface area contributed by atoms with Crippen molar-refractivity contribution >= 4 is 17.3 Å². The van der Waals surface area contributed by atoms with Gasteiger partial charge in [0.2, 0.25) is 0 Å². The molecule has 4 N–H and O–H groups in total. The third kappa shape index (κ3) is 3.70. The van der Waals surface area contributed by atoms with E-state index in [1.807, 2.05) is 13.1 Å². The number of aryl methyl sites for hydroxylation is 1. The lowest BCUT2D eigenvalue weighted by Gasteiger charge is -2.17. The molecule has 0 atom stereocenters. The summed E-state index contributed by atoms with van der Waals surface area (Å²) in [7, 11) is 3.38. The molecule has 0 aliphatic heterocycles. The van der Waals surface area contributed by atoms with Gasteiger partial charge in [0, 0.05) is 31.5 Å². The summed E-state index contributed by atoms with van der Waals surface area (Å²) in [5.74, 6) is 0.224. The van der Waals surface area contributed by atoms with Crippen molar-refractivity contribution in [1.82, 2.24) is 15.1 Å². The molecule has 1 aliphatic carbocycles. The quantitative estimate of drug-likeness (QED) is 0.497. The summed E-state index contributed by atoms with van der Waals surface area (Å²) in [5.41, 5.74) is 7.60. The van der Waals surface area contributed by atoms with Gasteiger partial charge in [0.1, 0.15) is 18.1 Å². The van der Waals surface area contributed by atoms with Gasteiger partial charge in [-0.25, -0.2) is 0 Å². The number of amides is 1. The van der Waals surface area contributed by atoms with Crippen LogP contribution in [0.3, 0.4) is 0 Å². The summed E-state index contributed by atoms with van der Waals surface area (Å²) in [6, 6.07) is 7.00. The van der Waals surface area contributed by atoms with E-state index >= 15 is 0 Å². The molecule has 1 heterocycles. The Hall–Kier alpha value is -2.87. The Bertz CT molecular complexity index is 839. The van der Waals surface area contributed by atoms with Gasteiger partial charge in [0.15, 0.2) is 0 Å². The number of aliphatic imine (C=N–C) groups is 1. The van der Waals surface area contributed by atoms with Gasteiger partial charge in [0.05, 0.1) is 17.8 Å². The summed E-state index contributed by atoms with van der Waals surface area (Å²) in [4.78, 5) is 16.7. The highest BCUT2D eigenvalue weighted by molar-refractivity contribution is 6.46. The molecule has 1 fully saturated rings. The van der Waals surface area contributed by atoms with Crippen LogP contribution in [0.4, 0.5) is 5.69 Å². The van der Waals surface area contributed by atoms with Gasteiger partial charge in [-0.1, -0.05) is 0 Å². The van der Waals surface area contributed by atoms with E-state index in [2.05, 4.69) is 15.4 Å². The topological polar surface area (TPSA) is 115 Å². The van der Waals surface area contributed by atoms with Crippen molar-refractivity contribution in [2.45, 2.75) is 25.0 Å². The van der Waals surface area contributed by atoms with Gasteiger partial charge < -0.3 is 20.9 Å². The average Bonchev–Trinajstić information content (AvgIpc) is 3.28. The van der Waals surface area contributed by atoms with Crippen LogP contribution in [-0.2, 0) is 18.4 Å². The zero-order chi connectivity index (χ0) is 18.7. The van der Waals surface area contributed by atoms with Crippen LogP contribution < -0.4 is 15.8 Å². The minimum atomic E-state index is -0.518. The molecule has 1 aliphatic rings. The van der Waals surface area contributed by atoms with E-state index < -0.39 is 5.54 Å². The van der Waals surface area contributed by atoms with Crippen LogP contribution in [-0.4, -0.2) is 45.7 Å². The van der Waals surface area contributed by atoms with Crippen molar-refractivity contribution in [3.63, 3.8) is 0 Å². The van der Waals surface area contributed by atoms with E-state index in [1.54, 1.807) is 29.1 Å². The first kappa shape index (κ1) is 17.9. The van der Waals surface area contributed by atoms with Crippen molar-refractivity contribution in [3.05, 3.63) is 41.7 Å². The molecule has 1 aromatic carbocycles. The highest BCUT2D eigenvalue weighted by atomic mass is 16.5. The first-order chi connectivity index (χ1) is 12.5. The van der Waals surface area contributed by atoms with Gasteiger partial charge in [-0.2, -0.15) is 5.10 Å². The molecule has 0 saturated heterocycles. The smallest absolute Gasteiger partial charge is 0.270 e. The number of rotatable bonds is 7. The Kier molecular flexibility index (Phi) is 4.94. The number of nitrogens with one attached hydrogen (secondary N) is 1. The predicted molar refractivity (Wildman–Crippen MR) is 98.0 cm³/mol. The zero-order valence-electron chi connectivity index (χ0n) is 14.9. The number of carbonyl (C=O) groups excluding carboxylic acids is 1. The maximum absolute atomic E-state index is 12.6. The number of nitrogens with zero attached hydrogens (tertiary/aromatic N) is 3. The standard InChI is InChI=1S/C18H23N5O3/c1-20-16(17(25)22-18(11-24)6-7-18)14-9-13(3-4-15(14)19)26-10-12-5-8-21-23(12)2/h3-5,8-9,24H,6-7,10-11,19H2,1-2H3,(H,22,25). The molecule has 1 amide bonds. The molecule has 0 unspecified atom stereocenters. The Morgan fingerprint density at radius 1 is 1.46 bits per heavy atom. The fourth-order valence-electron chi connectivity index (χ4n) is 2.65. The van der Waals surface area contributed by atoms with Gasteiger partial charge >= 0.3 is 0 Å². The van der Waals surface area contributed by atoms with Crippen molar-refractivity contribution in [3.8, 4) is 5.75 Å².